The number of hydrogen-bond acceptors (Lipinski definition) is 3. The average Bonchev–Trinajstić information content (AvgIpc) is 3.14. The maximum atomic E-state index is 14.7. The van der Waals surface area contributed by atoms with Gasteiger partial charge in [-0.3, -0.25) is 0 Å². The van der Waals surface area contributed by atoms with Crippen LogP contribution in [-0.4, -0.2) is 10.7 Å². The number of hydrogen-bond donors (Lipinski definition) is 0. The Balaban J connectivity index is 1.63. The van der Waals surface area contributed by atoms with Crippen LogP contribution in [-0.2, 0) is 0 Å². The van der Waals surface area contributed by atoms with E-state index in [-0.39, 0.29) is 22.4 Å². The Bertz CT molecular complexity index is 1060. The summed E-state index contributed by atoms with van der Waals surface area (Å²) in [6.07, 6.45) is -0.180. The van der Waals surface area contributed by atoms with Gasteiger partial charge in [0.25, 0.3) is 0 Å². The molecule has 0 aromatic heterocycles. The fraction of sp³-hybridized carbons (Fsp3) is 0.136. The van der Waals surface area contributed by atoms with E-state index in [1.165, 1.54) is 18.2 Å². The third-order valence-electron chi connectivity index (χ3n) is 5.12. The molecule has 2 aliphatic rings. The first-order valence-electron chi connectivity index (χ1n) is 8.93. The minimum absolute atomic E-state index is 0.120. The number of hydrazone groups is 1. The fourth-order valence-corrected chi connectivity index (χ4v) is 4.04. The van der Waals surface area contributed by atoms with Crippen molar-refractivity contribution < 1.29 is 13.5 Å². The Morgan fingerprint density at radius 1 is 0.964 bits per heavy atom. The second-order valence-electron chi connectivity index (χ2n) is 6.80. The maximum absolute atomic E-state index is 14.7. The lowest BCUT2D eigenvalue weighted by atomic mass is 9.96. The molecule has 28 heavy (non-hydrogen) atoms. The predicted molar refractivity (Wildman–Crippen MR) is 103 cm³/mol. The van der Waals surface area contributed by atoms with Crippen molar-refractivity contribution in [2.24, 2.45) is 5.10 Å². The van der Waals surface area contributed by atoms with Crippen LogP contribution in [0, 0.1) is 11.6 Å². The quantitative estimate of drug-likeness (QED) is 0.542. The molecule has 0 amide bonds. The Hall–Kier alpha value is -2.92. The van der Waals surface area contributed by atoms with Gasteiger partial charge in [-0.25, -0.2) is 13.8 Å². The van der Waals surface area contributed by atoms with Crippen LogP contribution in [0.3, 0.4) is 0 Å². The van der Waals surface area contributed by atoms with Crippen LogP contribution < -0.4 is 4.74 Å². The molecule has 2 atom stereocenters. The maximum Gasteiger partial charge on any atom is 0.218 e. The van der Waals surface area contributed by atoms with Crippen LogP contribution in [0.2, 0.25) is 5.02 Å². The molecule has 2 aliphatic heterocycles. The lowest BCUT2D eigenvalue weighted by molar-refractivity contribution is -0.0211. The van der Waals surface area contributed by atoms with Gasteiger partial charge in [0.15, 0.2) is 0 Å². The molecule has 0 spiro atoms. The third kappa shape index (κ3) is 2.74. The molecule has 140 valence electrons. The summed E-state index contributed by atoms with van der Waals surface area (Å²) in [6.45, 7) is 0. The SMILES string of the molecule is Fc1ccc(C2=NN3[C@@H](c4c(F)cccc4Cl)Oc4ccccc4[C@@H]3C2)cc1. The first kappa shape index (κ1) is 17.2. The van der Waals surface area contributed by atoms with Gasteiger partial charge in [0, 0.05) is 12.0 Å². The van der Waals surface area contributed by atoms with Gasteiger partial charge >= 0.3 is 0 Å². The fourth-order valence-electron chi connectivity index (χ4n) is 3.79. The number of benzene rings is 3. The van der Waals surface area contributed by atoms with Crippen molar-refractivity contribution in [2.45, 2.75) is 18.7 Å². The summed E-state index contributed by atoms with van der Waals surface area (Å²) in [7, 11) is 0. The minimum atomic E-state index is -0.786. The normalized spacial score (nSPS) is 20.2. The first-order valence-corrected chi connectivity index (χ1v) is 9.31. The molecule has 0 saturated heterocycles. The van der Waals surface area contributed by atoms with Crippen molar-refractivity contribution in [3.63, 3.8) is 0 Å². The number of halogens is 3. The van der Waals surface area contributed by atoms with Crippen molar-refractivity contribution in [1.29, 1.82) is 0 Å². The van der Waals surface area contributed by atoms with E-state index in [2.05, 4.69) is 0 Å². The summed E-state index contributed by atoms with van der Waals surface area (Å²) in [5, 5.41) is 6.77. The van der Waals surface area contributed by atoms with Crippen LogP contribution in [0.1, 0.15) is 35.4 Å². The molecular formula is C22H15ClF2N2O. The van der Waals surface area contributed by atoms with Gasteiger partial charge in [-0.05, 0) is 35.9 Å². The van der Waals surface area contributed by atoms with E-state index in [0.29, 0.717) is 12.2 Å². The Morgan fingerprint density at radius 3 is 2.54 bits per heavy atom. The highest BCUT2D eigenvalue weighted by atomic mass is 35.5. The molecule has 0 aliphatic carbocycles. The van der Waals surface area contributed by atoms with Gasteiger partial charge in [-0.2, -0.15) is 5.10 Å². The number of para-hydroxylation sites is 1. The van der Waals surface area contributed by atoms with Crippen molar-refractivity contribution in [3.8, 4) is 5.75 Å². The predicted octanol–water partition coefficient (Wildman–Crippen LogP) is 5.86. The molecule has 3 aromatic rings. The smallest absolute Gasteiger partial charge is 0.218 e. The molecule has 6 heteroatoms. The third-order valence-corrected chi connectivity index (χ3v) is 5.45. The number of ether oxygens (including phenoxy) is 1. The summed E-state index contributed by atoms with van der Waals surface area (Å²) >= 11 is 6.31. The van der Waals surface area contributed by atoms with E-state index in [4.69, 9.17) is 21.4 Å². The van der Waals surface area contributed by atoms with Crippen molar-refractivity contribution in [2.75, 3.05) is 0 Å². The van der Waals surface area contributed by atoms with Gasteiger partial charge < -0.3 is 4.74 Å². The van der Waals surface area contributed by atoms with E-state index in [1.54, 1.807) is 29.3 Å². The van der Waals surface area contributed by atoms with Crippen LogP contribution in [0.15, 0.2) is 71.8 Å². The highest BCUT2D eigenvalue weighted by Crippen LogP contribution is 2.48. The highest BCUT2D eigenvalue weighted by Gasteiger charge is 2.42. The largest absolute Gasteiger partial charge is 0.464 e. The van der Waals surface area contributed by atoms with Crippen LogP contribution >= 0.6 is 11.6 Å². The zero-order valence-electron chi connectivity index (χ0n) is 14.6. The molecule has 0 fully saturated rings. The molecule has 5 rings (SSSR count). The second kappa shape index (κ2) is 6.60. The number of fused-ring (bicyclic) bond motifs is 3. The summed E-state index contributed by atoms with van der Waals surface area (Å²) in [5.41, 5.74) is 2.86. The Kier molecular flexibility index (Phi) is 4.05. The Labute approximate surface area is 165 Å². The summed E-state index contributed by atoms with van der Waals surface area (Å²) in [6, 6.07) is 18.3. The van der Waals surface area contributed by atoms with E-state index >= 15 is 0 Å². The number of rotatable bonds is 2. The van der Waals surface area contributed by atoms with Crippen molar-refractivity contribution >= 4 is 17.3 Å². The number of nitrogens with zero attached hydrogens (tertiary/aromatic N) is 2. The van der Waals surface area contributed by atoms with Crippen LogP contribution in [0.5, 0.6) is 5.75 Å². The van der Waals surface area contributed by atoms with Gasteiger partial charge in [-0.15, -0.1) is 0 Å². The van der Waals surface area contributed by atoms with Crippen LogP contribution in [0.25, 0.3) is 0 Å². The monoisotopic (exact) mass is 396 g/mol. The van der Waals surface area contributed by atoms with E-state index in [1.807, 2.05) is 24.3 Å². The standard InChI is InChI=1S/C22H15ClF2N2O/c23-16-5-3-6-17(25)21(16)22-27-19(15-4-1-2-7-20(15)28-22)12-18(26-27)13-8-10-14(24)11-9-13/h1-11,19,22H,12H2/t19-,22+/m0/s1. The molecule has 0 bridgehead atoms. The summed E-state index contributed by atoms with van der Waals surface area (Å²) in [4.78, 5) is 0. The van der Waals surface area contributed by atoms with Gasteiger partial charge in [-0.1, -0.05) is 48.0 Å². The second-order valence-corrected chi connectivity index (χ2v) is 7.20. The molecule has 0 unspecified atom stereocenters. The van der Waals surface area contributed by atoms with Gasteiger partial charge in [0.1, 0.15) is 17.4 Å². The van der Waals surface area contributed by atoms with E-state index < -0.39 is 12.0 Å². The lowest BCUT2D eigenvalue weighted by Gasteiger charge is -2.38. The van der Waals surface area contributed by atoms with E-state index in [9.17, 15) is 8.78 Å². The van der Waals surface area contributed by atoms with Gasteiger partial charge in [0.2, 0.25) is 6.23 Å². The molecular weight excluding hydrogens is 382 g/mol. The molecule has 3 nitrogen and oxygen atoms in total. The summed E-state index contributed by atoms with van der Waals surface area (Å²) in [5.74, 6) is -0.0607. The summed E-state index contributed by atoms with van der Waals surface area (Å²) < 4.78 is 34.1. The zero-order valence-corrected chi connectivity index (χ0v) is 15.4. The molecule has 0 N–H and O–H groups in total. The minimum Gasteiger partial charge on any atom is -0.464 e. The highest BCUT2D eigenvalue weighted by molar-refractivity contribution is 6.31. The zero-order chi connectivity index (χ0) is 19.3. The van der Waals surface area contributed by atoms with E-state index in [0.717, 1.165) is 16.8 Å². The van der Waals surface area contributed by atoms with Crippen molar-refractivity contribution in [3.05, 3.63) is 100 Å². The molecule has 0 radical (unpaired) electrons. The Morgan fingerprint density at radius 2 is 1.75 bits per heavy atom. The molecule has 3 aromatic carbocycles. The van der Waals surface area contributed by atoms with Gasteiger partial charge in [0.05, 0.1) is 22.3 Å². The van der Waals surface area contributed by atoms with Crippen LogP contribution in [0.4, 0.5) is 8.78 Å². The first-order chi connectivity index (χ1) is 13.6. The average molecular weight is 397 g/mol. The molecule has 0 saturated carbocycles. The van der Waals surface area contributed by atoms with Crippen molar-refractivity contribution in [1.82, 2.24) is 5.01 Å². The topological polar surface area (TPSA) is 24.8 Å². The molecule has 2 heterocycles. The lowest BCUT2D eigenvalue weighted by Crippen LogP contribution is -2.34.